The quantitative estimate of drug-likeness (QED) is 0.785. The van der Waals surface area contributed by atoms with Crippen molar-refractivity contribution in [3.63, 3.8) is 0 Å². The molecule has 1 aromatic heterocycles. The van der Waals surface area contributed by atoms with Gasteiger partial charge in [0.25, 0.3) is 0 Å². The molecule has 0 aliphatic carbocycles. The Balaban J connectivity index is 2.14. The Bertz CT molecular complexity index is 402. The lowest BCUT2D eigenvalue weighted by Crippen LogP contribution is -2.35. The van der Waals surface area contributed by atoms with Crippen molar-refractivity contribution >= 4 is 5.82 Å². The van der Waals surface area contributed by atoms with Crippen LogP contribution < -0.4 is 10.6 Å². The number of hydrogen-bond acceptors (Lipinski definition) is 4. The zero-order valence-corrected chi connectivity index (χ0v) is 9.45. The van der Waals surface area contributed by atoms with E-state index in [2.05, 4.69) is 21.7 Å². The molecule has 0 amide bonds. The van der Waals surface area contributed by atoms with E-state index in [4.69, 9.17) is 5.26 Å². The van der Waals surface area contributed by atoms with Crippen molar-refractivity contribution in [2.75, 3.05) is 18.4 Å². The first-order valence-corrected chi connectivity index (χ1v) is 5.64. The van der Waals surface area contributed by atoms with Gasteiger partial charge in [0.15, 0.2) is 0 Å². The highest BCUT2D eigenvalue weighted by atomic mass is 15.0. The molecule has 84 valence electrons. The molecule has 0 unspecified atom stereocenters. The van der Waals surface area contributed by atoms with Gasteiger partial charge in [-0.1, -0.05) is 0 Å². The molecule has 0 radical (unpaired) electrons. The van der Waals surface area contributed by atoms with Gasteiger partial charge < -0.3 is 10.6 Å². The molecule has 4 heteroatoms. The number of nitriles is 1. The summed E-state index contributed by atoms with van der Waals surface area (Å²) in [6, 6.07) is 4.51. The minimum atomic E-state index is 0.433. The standard InChI is InChI=1S/C12H16N4/c1-9-2-7-15-12(11(9)8-13)16-10-3-5-14-6-4-10/h2,7,10,14H,3-6H2,1H3,(H,15,16). The fourth-order valence-corrected chi connectivity index (χ4v) is 1.97. The maximum atomic E-state index is 9.09. The lowest BCUT2D eigenvalue weighted by atomic mass is 10.1. The van der Waals surface area contributed by atoms with E-state index >= 15 is 0 Å². The summed E-state index contributed by atoms with van der Waals surface area (Å²) in [6.07, 6.45) is 3.92. The van der Waals surface area contributed by atoms with Gasteiger partial charge in [-0.05, 0) is 44.5 Å². The van der Waals surface area contributed by atoms with Gasteiger partial charge >= 0.3 is 0 Å². The highest BCUT2D eigenvalue weighted by Crippen LogP contribution is 2.18. The molecule has 0 bridgehead atoms. The van der Waals surface area contributed by atoms with E-state index in [1.54, 1.807) is 6.20 Å². The summed E-state index contributed by atoms with van der Waals surface area (Å²) in [4.78, 5) is 4.25. The third-order valence-corrected chi connectivity index (χ3v) is 2.95. The molecule has 0 saturated carbocycles. The van der Waals surface area contributed by atoms with E-state index in [9.17, 15) is 0 Å². The lowest BCUT2D eigenvalue weighted by molar-refractivity contribution is 0.478. The molecular formula is C12H16N4. The average Bonchev–Trinajstić information content (AvgIpc) is 2.31. The first kappa shape index (κ1) is 10.9. The molecule has 1 aliphatic rings. The maximum Gasteiger partial charge on any atom is 0.144 e. The average molecular weight is 216 g/mol. The molecule has 0 spiro atoms. The van der Waals surface area contributed by atoms with Crippen LogP contribution in [0.2, 0.25) is 0 Å². The van der Waals surface area contributed by atoms with Crippen LogP contribution in [0.1, 0.15) is 24.0 Å². The Hall–Kier alpha value is -1.60. The van der Waals surface area contributed by atoms with Gasteiger partial charge in [-0.3, -0.25) is 0 Å². The highest BCUT2D eigenvalue weighted by Gasteiger charge is 2.15. The van der Waals surface area contributed by atoms with Gasteiger partial charge in [0, 0.05) is 12.2 Å². The van der Waals surface area contributed by atoms with Crippen LogP contribution in [0.5, 0.6) is 0 Å². The third kappa shape index (κ3) is 2.31. The predicted molar refractivity (Wildman–Crippen MR) is 63.2 cm³/mol. The second-order valence-electron chi connectivity index (χ2n) is 4.13. The fraction of sp³-hybridized carbons (Fsp3) is 0.500. The minimum absolute atomic E-state index is 0.433. The molecular weight excluding hydrogens is 200 g/mol. The summed E-state index contributed by atoms with van der Waals surface area (Å²) in [5.41, 5.74) is 1.65. The molecule has 1 saturated heterocycles. The second-order valence-corrected chi connectivity index (χ2v) is 4.13. The van der Waals surface area contributed by atoms with Crippen molar-refractivity contribution in [1.82, 2.24) is 10.3 Å². The van der Waals surface area contributed by atoms with Crippen LogP contribution in [0.3, 0.4) is 0 Å². The molecule has 2 heterocycles. The number of anilines is 1. The summed E-state index contributed by atoms with van der Waals surface area (Å²) >= 11 is 0. The first-order valence-electron chi connectivity index (χ1n) is 5.64. The SMILES string of the molecule is Cc1ccnc(NC2CCNCC2)c1C#N. The lowest BCUT2D eigenvalue weighted by Gasteiger charge is -2.24. The first-order chi connectivity index (χ1) is 7.81. The van der Waals surface area contributed by atoms with Crippen LogP contribution in [0.25, 0.3) is 0 Å². The molecule has 0 atom stereocenters. The van der Waals surface area contributed by atoms with Crippen molar-refractivity contribution in [2.45, 2.75) is 25.8 Å². The van der Waals surface area contributed by atoms with Crippen molar-refractivity contribution < 1.29 is 0 Å². The van der Waals surface area contributed by atoms with E-state index in [1.165, 1.54) is 0 Å². The molecule has 16 heavy (non-hydrogen) atoms. The molecule has 2 N–H and O–H groups in total. The van der Waals surface area contributed by atoms with Crippen LogP contribution >= 0.6 is 0 Å². The van der Waals surface area contributed by atoms with Gasteiger partial charge in [-0.2, -0.15) is 5.26 Å². The Morgan fingerprint density at radius 1 is 1.50 bits per heavy atom. The van der Waals surface area contributed by atoms with Crippen LogP contribution in [-0.2, 0) is 0 Å². The number of hydrogen-bond donors (Lipinski definition) is 2. The van der Waals surface area contributed by atoms with Gasteiger partial charge in [-0.25, -0.2) is 4.98 Å². The largest absolute Gasteiger partial charge is 0.366 e. The van der Waals surface area contributed by atoms with Crippen molar-refractivity contribution in [2.24, 2.45) is 0 Å². The number of rotatable bonds is 2. The molecule has 1 fully saturated rings. The second kappa shape index (κ2) is 4.95. The van der Waals surface area contributed by atoms with Gasteiger partial charge in [0.2, 0.25) is 0 Å². The Morgan fingerprint density at radius 3 is 2.94 bits per heavy atom. The normalized spacial score (nSPS) is 16.8. The topological polar surface area (TPSA) is 60.7 Å². The third-order valence-electron chi connectivity index (χ3n) is 2.95. The highest BCUT2D eigenvalue weighted by molar-refractivity contribution is 5.55. The summed E-state index contributed by atoms with van der Waals surface area (Å²) in [6.45, 7) is 4.00. The maximum absolute atomic E-state index is 9.09. The zero-order chi connectivity index (χ0) is 11.4. The van der Waals surface area contributed by atoms with E-state index in [1.807, 2.05) is 13.0 Å². The Labute approximate surface area is 95.7 Å². The molecule has 0 aromatic carbocycles. The number of piperidine rings is 1. The number of nitrogens with one attached hydrogen (secondary N) is 2. The molecule has 4 nitrogen and oxygen atoms in total. The minimum Gasteiger partial charge on any atom is -0.366 e. The zero-order valence-electron chi connectivity index (χ0n) is 9.45. The smallest absolute Gasteiger partial charge is 0.144 e. The predicted octanol–water partition coefficient (Wildman–Crippen LogP) is 1.43. The van der Waals surface area contributed by atoms with Crippen LogP contribution in [0, 0.1) is 18.3 Å². The van der Waals surface area contributed by atoms with E-state index in [0.717, 1.165) is 37.3 Å². The number of aromatic nitrogens is 1. The van der Waals surface area contributed by atoms with Gasteiger partial charge in [0.1, 0.15) is 11.9 Å². The molecule has 1 aliphatic heterocycles. The van der Waals surface area contributed by atoms with Crippen LogP contribution in [0.4, 0.5) is 5.82 Å². The monoisotopic (exact) mass is 216 g/mol. The number of aryl methyl sites for hydroxylation is 1. The van der Waals surface area contributed by atoms with Crippen LogP contribution in [-0.4, -0.2) is 24.1 Å². The molecule has 1 aromatic rings. The van der Waals surface area contributed by atoms with Crippen molar-refractivity contribution in [3.05, 3.63) is 23.4 Å². The fourth-order valence-electron chi connectivity index (χ4n) is 1.97. The summed E-state index contributed by atoms with van der Waals surface area (Å²) < 4.78 is 0. The summed E-state index contributed by atoms with van der Waals surface area (Å²) in [7, 11) is 0. The van der Waals surface area contributed by atoms with Crippen molar-refractivity contribution in [3.8, 4) is 6.07 Å². The Kier molecular flexibility index (Phi) is 3.37. The van der Waals surface area contributed by atoms with E-state index in [0.29, 0.717) is 11.6 Å². The van der Waals surface area contributed by atoms with Crippen LogP contribution in [0.15, 0.2) is 12.3 Å². The van der Waals surface area contributed by atoms with E-state index in [-0.39, 0.29) is 0 Å². The number of pyridine rings is 1. The van der Waals surface area contributed by atoms with Gasteiger partial charge in [-0.15, -0.1) is 0 Å². The van der Waals surface area contributed by atoms with Gasteiger partial charge in [0.05, 0.1) is 5.56 Å². The summed E-state index contributed by atoms with van der Waals surface area (Å²) in [5, 5.41) is 15.8. The van der Waals surface area contributed by atoms with E-state index < -0.39 is 0 Å². The Morgan fingerprint density at radius 2 is 2.25 bits per heavy atom. The molecule has 2 rings (SSSR count). The van der Waals surface area contributed by atoms with Crippen molar-refractivity contribution in [1.29, 1.82) is 5.26 Å². The summed E-state index contributed by atoms with van der Waals surface area (Å²) in [5.74, 6) is 0.731. The number of nitrogens with zero attached hydrogens (tertiary/aromatic N) is 2.